The van der Waals surface area contributed by atoms with Gasteiger partial charge in [0.2, 0.25) is 0 Å². The largest absolute Gasteiger partial charge is 0.478 e. The SMILES string of the molecule is Cl.NC(=O)c1c(C(=O)O)ccnc1-c1cnc[nH]1. The van der Waals surface area contributed by atoms with Gasteiger partial charge < -0.3 is 15.8 Å². The first-order valence-electron chi connectivity index (χ1n) is 4.62. The number of carboxylic acid groups (broad SMARTS) is 1. The number of carbonyl (C=O) groups is 2. The molecule has 2 aromatic rings. The van der Waals surface area contributed by atoms with Crippen molar-refractivity contribution in [3.8, 4) is 11.4 Å². The number of carboxylic acids is 1. The van der Waals surface area contributed by atoms with Gasteiger partial charge in [0.15, 0.2) is 0 Å². The van der Waals surface area contributed by atoms with Crippen molar-refractivity contribution in [2.75, 3.05) is 0 Å². The summed E-state index contributed by atoms with van der Waals surface area (Å²) in [6, 6.07) is 1.22. The molecule has 0 aromatic carbocycles. The Balaban J connectivity index is 0.00000162. The van der Waals surface area contributed by atoms with Crippen molar-refractivity contribution in [2.24, 2.45) is 5.73 Å². The van der Waals surface area contributed by atoms with Crippen molar-refractivity contribution < 1.29 is 14.7 Å². The monoisotopic (exact) mass is 268 g/mol. The highest BCUT2D eigenvalue weighted by Crippen LogP contribution is 2.21. The lowest BCUT2D eigenvalue weighted by atomic mass is 10.0. The average molecular weight is 269 g/mol. The van der Waals surface area contributed by atoms with Gasteiger partial charge in [0.25, 0.3) is 5.91 Å². The molecular weight excluding hydrogens is 260 g/mol. The van der Waals surface area contributed by atoms with Crippen LogP contribution in [0.15, 0.2) is 24.8 Å². The smallest absolute Gasteiger partial charge is 0.336 e. The number of hydrogen-bond acceptors (Lipinski definition) is 4. The van der Waals surface area contributed by atoms with E-state index >= 15 is 0 Å². The van der Waals surface area contributed by atoms with Crippen molar-refractivity contribution in [3.05, 3.63) is 35.9 Å². The number of nitrogens with two attached hydrogens (primary N) is 1. The number of primary amides is 1. The Kier molecular flexibility index (Phi) is 4.01. The number of nitrogens with zero attached hydrogens (tertiary/aromatic N) is 2. The molecule has 2 rings (SSSR count). The lowest BCUT2D eigenvalue weighted by Crippen LogP contribution is -2.18. The van der Waals surface area contributed by atoms with Crippen LogP contribution in [0.3, 0.4) is 0 Å². The fraction of sp³-hybridized carbons (Fsp3) is 0. The maximum absolute atomic E-state index is 11.3. The first-order valence-corrected chi connectivity index (χ1v) is 4.62. The Morgan fingerprint density at radius 1 is 1.39 bits per heavy atom. The van der Waals surface area contributed by atoms with Crippen molar-refractivity contribution in [2.45, 2.75) is 0 Å². The van der Waals surface area contributed by atoms with Crippen LogP contribution in [0.2, 0.25) is 0 Å². The minimum Gasteiger partial charge on any atom is -0.478 e. The predicted octanol–water partition coefficient (Wildman–Crippen LogP) is 0.691. The second kappa shape index (κ2) is 5.28. The van der Waals surface area contributed by atoms with Crippen LogP contribution in [0.1, 0.15) is 20.7 Å². The van der Waals surface area contributed by atoms with E-state index in [4.69, 9.17) is 10.8 Å². The molecule has 0 atom stereocenters. The zero-order chi connectivity index (χ0) is 12.4. The number of H-pyrrole nitrogens is 1. The van der Waals surface area contributed by atoms with Gasteiger partial charge in [-0.1, -0.05) is 0 Å². The van der Waals surface area contributed by atoms with Gasteiger partial charge in [-0.05, 0) is 6.07 Å². The number of aromatic nitrogens is 3. The van der Waals surface area contributed by atoms with Gasteiger partial charge in [0.1, 0.15) is 5.69 Å². The van der Waals surface area contributed by atoms with Crippen molar-refractivity contribution in [3.63, 3.8) is 0 Å². The molecule has 2 aromatic heterocycles. The maximum atomic E-state index is 11.3. The number of halogens is 1. The van der Waals surface area contributed by atoms with E-state index in [1.54, 1.807) is 0 Å². The molecule has 0 fully saturated rings. The fourth-order valence-corrected chi connectivity index (χ4v) is 1.48. The number of carbonyl (C=O) groups excluding carboxylic acids is 1. The topological polar surface area (TPSA) is 122 Å². The van der Waals surface area contributed by atoms with Crippen molar-refractivity contribution >= 4 is 24.3 Å². The minimum atomic E-state index is -1.23. The quantitative estimate of drug-likeness (QED) is 0.756. The number of rotatable bonds is 3. The molecule has 0 spiro atoms. The van der Waals surface area contributed by atoms with Crippen LogP contribution in [0.5, 0.6) is 0 Å². The lowest BCUT2D eigenvalue weighted by molar-refractivity contribution is 0.0692. The maximum Gasteiger partial charge on any atom is 0.336 e. The second-order valence-corrected chi connectivity index (χ2v) is 3.22. The molecule has 0 radical (unpaired) electrons. The van der Waals surface area contributed by atoms with Crippen molar-refractivity contribution in [1.82, 2.24) is 15.0 Å². The molecule has 0 aliphatic heterocycles. The summed E-state index contributed by atoms with van der Waals surface area (Å²) in [6.45, 7) is 0. The molecule has 8 heteroatoms. The summed E-state index contributed by atoms with van der Waals surface area (Å²) in [5, 5.41) is 8.98. The molecule has 1 amide bonds. The normalized spacial score (nSPS) is 9.56. The Bertz CT molecular complexity index is 583. The zero-order valence-electron chi connectivity index (χ0n) is 8.95. The lowest BCUT2D eigenvalue weighted by Gasteiger charge is -2.06. The second-order valence-electron chi connectivity index (χ2n) is 3.22. The summed E-state index contributed by atoms with van der Waals surface area (Å²) >= 11 is 0. The number of aromatic carboxylic acids is 1. The highest BCUT2D eigenvalue weighted by atomic mass is 35.5. The molecule has 0 saturated heterocycles. The molecule has 4 N–H and O–H groups in total. The number of amides is 1. The Hall–Kier alpha value is -2.41. The Morgan fingerprint density at radius 2 is 2.11 bits per heavy atom. The van der Waals surface area contributed by atoms with E-state index < -0.39 is 11.9 Å². The predicted molar refractivity (Wildman–Crippen MR) is 64.5 cm³/mol. The molecule has 0 saturated carbocycles. The number of aromatic amines is 1. The third kappa shape index (κ3) is 2.30. The summed E-state index contributed by atoms with van der Waals surface area (Å²) in [7, 11) is 0. The van der Waals surface area contributed by atoms with E-state index in [-0.39, 0.29) is 29.2 Å². The van der Waals surface area contributed by atoms with Crippen molar-refractivity contribution in [1.29, 1.82) is 0 Å². The number of imidazole rings is 1. The van der Waals surface area contributed by atoms with Crippen LogP contribution >= 0.6 is 12.4 Å². The highest BCUT2D eigenvalue weighted by Gasteiger charge is 2.21. The van der Waals surface area contributed by atoms with Gasteiger partial charge in [0.05, 0.1) is 29.3 Å². The number of nitrogens with one attached hydrogen (secondary N) is 1. The van der Waals surface area contributed by atoms with Gasteiger partial charge in [-0.25, -0.2) is 9.78 Å². The fourth-order valence-electron chi connectivity index (χ4n) is 1.48. The highest BCUT2D eigenvalue weighted by molar-refractivity contribution is 6.07. The summed E-state index contributed by atoms with van der Waals surface area (Å²) in [4.78, 5) is 32.8. The van der Waals surface area contributed by atoms with E-state index in [2.05, 4.69) is 15.0 Å². The summed E-state index contributed by atoms with van der Waals surface area (Å²) in [6.07, 6.45) is 4.13. The Labute approximate surface area is 107 Å². The Morgan fingerprint density at radius 3 is 2.61 bits per heavy atom. The molecule has 0 bridgehead atoms. The van der Waals surface area contributed by atoms with E-state index in [1.807, 2.05) is 0 Å². The van der Waals surface area contributed by atoms with Crippen LogP contribution < -0.4 is 5.73 Å². The molecule has 2 heterocycles. The molecule has 0 aliphatic rings. The van der Waals surface area contributed by atoms with Gasteiger partial charge >= 0.3 is 5.97 Å². The van der Waals surface area contributed by atoms with Gasteiger partial charge in [0, 0.05) is 6.20 Å². The summed E-state index contributed by atoms with van der Waals surface area (Å²) in [5.41, 5.74) is 5.47. The zero-order valence-corrected chi connectivity index (χ0v) is 9.77. The van der Waals surface area contributed by atoms with Gasteiger partial charge in [-0.2, -0.15) is 0 Å². The standard InChI is InChI=1S/C10H8N4O3.ClH/c11-9(15)7-5(10(16)17)1-2-13-8(7)6-3-12-4-14-6;/h1-4H,(H2,11,15)(H,12,14)(H,16,17);1H. The van der Waals surface area contributed by atoms with E-state index in [0.717, 1.165) is 0 Å². The van der Waals surface area contributed by atoms with Gasteiger partial charge in [-0.15, -0.1) is 12.4 Å². The molecular formula is C10H9ClN4O3. The molecule has 18 heavy (non-hydrogen) atoms. The summed E-state index contributed by atoms with van der Waals surface area (Å²) < 4.78 is 0. The number of pyridine rings is 1. The first kappa shape index (κ1) is 13.7. The van der Waals surface area contributed by atoms with Crippen LogP contribution in [0.4, 0.5) is 0 Å². The minimum absolute atomic E-state index is 0. The third-order valence-electron chi connectivity index (χ3n) is 2.18. The van der Waals surface area contributed by atoms with E-state index in [1.165, 1.54) is 24.8 Å². The first-order chi connectivity index (χ1) is 8.11. The average Bonchev–Trinajstić information content (AvgIpc) is 2.81. The van der Waals surface area contributed by atoms with E-state index in [9.17, 15) is 9.59 Å². The van der Waals surface area contributed by atoms with E-state index in [0.29, 0.717) is 5.69 Å². The molecule has 7 nitrogen and oxygen atoms in total. The van der Waals surface area contributed by atoms with Crippen LogP contribution in [-0.2, 0) is 0 Å². The molecule has 94 valence electrons. The van der Waals surface area contributed by atoms with Gasteiger partial charge in [-0.3, -0.25) is 9.78 Å². The third-order valence-corrected chi connectivity index (χ3v) is 2.18. The number of hydrogen-bond donors (Lipinski definition) is 3. The summed E-state index contributed by atoms with van der Waals surface area (Å²) in [5.74, 6) is -2.08. The van der Waals surface area contributed by atoms with Crippen LogP contribution in [-0.4, -0.2) is 31.9 Å². The van der Waals surface area contributed by atoms with Crippen LogP contribution in [0, 0.1) is 0 Å². The molecule has 0 aliphatic carbocycles. The van der Waals surface area contributed by atoms with Crippen LogP contribution in [0.25, 0.3) is 11.4 Å². The molecule has 0 unspecified atom stereocenters.